The minimum atomic E-state index is -4.16. The summed E-state index contributed by atoms with van der Waals surface area (Å²) in [6, 6.07) is 0. The second kappa shape index (κ2) is 7.54. The average Bonchev–Trinajstić information content (AvgIpc) is 2.11. The summed E-state index contributed by atoms with van der Waals surface area (Å²) in [5, 5.41) is 0. The predicted octanol–water partition coefficient (Wildman–Crippen LogP) is 3.45. The van der Waals surface area contributed by atoms with Crippen LogP contribution in [-0.4, -0.2) is 18.8 Å². The Labute approximate surface area is 87.8 Å². The highest BCUT2D eigenvalue weighted by atomic mass is 19.4. The number of rotatable bonds is 7. The summed E-state index contributed by atoms with van der Waals surface area (Å²) in [6.07, 6.45) is -2.21. The molecule has 0 aromatic rings. The first-order valence-electron chi connectivity index (χ1n) is 5.18. The van der Waals surface area contributed by atoms with Crippen LogP contribution >= 0.6 is 0 Å². The van der Waals surface area contributed by atoms with Crippen LogP contribution in [0.5, 0.6) is 0 Å². The normalized spacial score (nSPS) is 11.5. The SMILES string of the molecule is CCCCCC(=O)OCCCC(F)(F)F. The fourth-order valence-electron chi connectivity index (χ4n) is 1.05. The molecular formula is C10H17F3O2. The fourth-order valence-corrected chi connectivity index (χ4v) is 1.05. The summed E-state index contributed by atoms with van der Waals surface area (Å²) in [4.78, 5) is 10.9. The molecule has 5 heteroatoms. The minimum absolute atomic E-state index is 0.134. The predicted molar refractivity (Wildman–Crippen MR) is 50.4 cm³/mol. The van der Waals surface area contributed by atoms with Gasteiger partial charge in [-0.1, -0.05) is 19.8 Å². The number of unbranched alkanes of at least 4 members (excludes halogenated alkanes) is 2. The zero-order valence-electron chi connectivity index (χ0n) is 8.90. The van der Waals surface area contributed by atoms with E-state index >= 15 is 0 Å². The molecule has 0 aliphatic carbocycles. The zero-order valence-corrected chi connectivity index (χ0v) is 8.90. The van der Waals surface area contributed by atoms with E-state index in [2.05, 4.69) is 4.74 Å². The summed E-state index contributed by atoms with van der Waals surface area (Å²) in [5.74, 6) is -0.398. The van der Waals surface area contributed by atoms with Crippen LogP contribution in [0, 0.1) is 0 Å². The van der Waals surface area contributed by atoms with E-state index in [0.29, 0.717) is 6.42 Å². The molecule has 0 unspecified atom stereocenters. The standard InChI is InChI=1S/C10H17F3O2/c1-2-3-4-6-9(14)15-8-5-7-10(11,12)13/h2-8H2,1H3. The lowest BCUT2D eigenvalue weighted by Crippen LogP contribution is -2.11. The van der Waals surface area contributed by atoms with Gasteiger partial charge < -0.3 is 4.74 Å². The van der Waals surface area contributed by atoms with Gasteiger partial charge in [0.15, 0.2) is 0 Å². The molecule has 0 saturated carbocycles. The number of hydrogen-bond donors (Lipinski definition) is 0. The van der Waals surface area contributed by atoms with Gasteiger partial charge >= 0.3 is 12.1 Å². The van der Waals surface area contributed by atoms with Crippen LogP contribution in [0.25, 0.3) is 0 Å². The van der Waals surface area contributed by atoms with Gasteiger partial charge in [-0.05, 0) is 12.8 Å². The molecule has 15 heavy (non-hydrogen) atoms. The van der Waals surface area contributed by atoms with Crippen LogP contribution in [0.1, 0.15) is 45.4 Å². The van der Waals surface area contributed by atoms with Gasteiger partial charge in [-0.15, -0.1) is 0 Å². The van der Waals surface area contributed by atoms with Gasteiger partial charge in [0.05, 0.1) is 6.61 Å². The van der Waals surface area contributed by atoms with Crippen molar-refractivity contribution in [3.8, 4) is 0 Å². The van der Waals surface area contributed by atoms with Crippen molar-refractivity contribution in [2.45, 2.75) is 51.6 Å². The van der Waals surface area contributed by atoms with Gasteiger partial charge in [-0.3, -0.25) is 4.79 Å². The van der Waals surface area contributed by atoms with Gasteiger partial charge in [0.2, 0.25) is 0 Å². The van der Waals surface area contributed by atoms with Crippen LogP contribution in [0.15, 0.2) is 0 Å². The molecule has 0 saturated heterocycles. The third kappa shape index (κ3) is 11.2. The quantitative estimate of drug-likeness (QED) is 0.491. The number of halogens is 3. The van der Waals surface area contributed by atoms with E-state index < -0.39 is 18.6 Å². The lowest BCUT2D eigenvalue weighted by Gasteiger charge is -2.06. The van der Waals surface area contributed by atoms with Gasteiger partial charge in [0.1, 0.15) is 0 Å². The van der Waals surface area contributed by atoms with Crippen molar-refractivity contribution in [2.75, 3.05) is 6.61 Å². The van der Waals surface area contributed by atoms with E-state index in [0.717, 1.165) is 19.3 Å². The second-order valence-electron chi connectivity index (χ2n) is 3.40. The minimum Gasteiger partial charge on any atom is -0.466 e. The summed E-state index contributed by atoms with van der Waals surface area (Å²) < 4.78 is 39.7. The smallest absolute Gasteiger partial charge is 0.389 e. The molecule has 0 aromatic carbocycles. The number of esters is 1. The van der Waals surface area contributed by atoms with E-state index in [9.17, 15) is 18.0 Å². The molecule has 0 N–H and O–H groups in total. The van der Waals surface area contributed by atoms with E-state index in [1.165, 1.54) is 0 Å². The van der Waals surface area contributed by atoms with Crippen LogP contribution in [0.3, 0.4) is 0 Å². The first-order chi connectivity index (χ1) is 6.95. The maximum absolute atomic E-state index is 11.7. The highest BCUT2D eigenvalue weighted by Gasteiger charge is 2.26. The average molecular weight is 226 g/mol. The third-order valence-electron chi connectivity index (χ3n) is 1.85. The van der Waals surface area contributed by atoms with Crippen molar-refractivity contribution in [3.63, 3.8) is 0 Å². The summed E-state index contributed by atoms with van der Waals surface area (Å²) in [5.41, 5.74) is 0. The molecule has 0 atom stereocenters. The Balaban J connectivity index is 3.32. The fraction of sp³-hybridized carbons (Fsp3) is 0.900. The van der Waals surface area contributed by atoms with Crippen molar-refractivity contribution < 1.29 is 22.7 Å². The number of hydrogen-bond acceptors (Lipinski definition) is 2. The number of ether oxygens (including phenoxy) is 1. The second-order valence-corrected chi connectivity index (χ2v) is 3.40. The largest absolute Gasteiger partial charge is 0.466 e. The molecule has 90 valence electrons. The molecule has 0 aliphatic heterocycles. The summed E-state index contributed by atoms with van der Waals surface area (Å²) in [6.45, 7) is 1.87. The number of alkyl halides is 3. The van der Waals surface area contributed by atoms with Gasteiger partial charge in [0.25, 0.3) is 0 Å². The molecule has 0 fully saturated rings. The number of carbonyl (C=O) groups excluding carboxylic acids is 1. The third-order valence-corrected chi connectivity index (χ3v) is 1.85. The Bertz CT molecular complexity index is 178. The van der Waals surface area contributed by atoms with E-state index in [-0.39, 0.29) is 13.0 Å². The Kier molecular flexibility index (Phi) is 7.17. The first kappa shape index (κ1) is 14.3. The van der Waals surface area contributed by atoms with Crippen molar-refractivity contribution in [2.24, 2.45) is 0 Å². The van der Waals surface area contributed by atoms with Crippen molar-refractivity contribution in [1.82, 2.24) is 0 Å². The first-order valence-corrected chi connectivity index (χ1v) is 5.18. The molecule has 0 aromatic heterocycles. The van der Waals surface area contributed by atoms with E-state index in [1.807, 2.05) is 6.92 Å². The van der Waals surface area contributed by atoms with E-state index in [1.54, 1.807) is 0 Å². The molecule has 0 amide bonds. The van der Waals surface area contributed by atoms with Gasteiger partial charge in [0, 0.05) is 12.8 Å². The van der Waals surface area contributed by atoms with Crippen LogP contribution in [0.4, 0.5) is 13.2 Å². The summed E-state index contributed by atoms with van der Waals surface area (Å²) >= 11 is 0. The Morgan fingerprint density at radius 1 is 1.20 bits per heavy atom. The Morgan fingerprint density at radius 2 is 1.87 bits per heavy atom. The van der Waals surface area contributed by atoms with Crippen LogP contribution < -0.4 is 0 Å². The molecule has 0 radical (unpaired) electrons. The molecule has 0 spiro atoms. The molecular weight excluding hydrogens is 209 g/mol. The van der Waals surface area contributed by atoms with Crippen molar-refractivity contribution in [1.29, 1.82) is 0 Å². The van der Waals surface area contributed by atoms with E-state index in [4.69, 9.17) is 0 Å². The Morgan fingerprint density at radius 3 is 2.40 bits per heavy atom. The number of carbonyl (C=O) groups is 1. The Hall–Kier alpha value is -0.740. The highest BCUT2D eigenvalue weighted by molar-refractivity contribution is 5.69. The molecule has 0 rings (SSSR count). The molecule has 0 heterocycles. The maximum atomic E-state index is 11.7. The van der Waals surface area contributed by atoms with Gasteiger partial charge in [-0.2, -0.15) is 13.2 Å². The van der Waals surface area contributed by atoms with Gasteiger partial charge in [-0.25, -0.2) is 0 Å². The zero-order chi connectivity index (χ0) is 11.7. The lowest BCUT2D eigenvalue weighted by molar-refractivity contribution is -0.150. The van der Waals surface area contributed by atoms with Crippen LogP contribution in [-0.2, 0) is 9.53 Å². The van der Waals surface area contributed by atoms with Crippen molar-refractivity contribution >= 4 is 5.97 Å². The van der Waals surface area contributed by atoms with Crippen LogP contribution in [0.2, 0.25) is 0 Å². The molecule has 0 aliphatic rings. The maximum Gasteiger partial charge on any atom is 0.389 e. The lowest BCUT2D eigenvalue weighted by atomic mass is 10.2. The topological polar surface area (TPSA) is 26.3 Å². The van der Waals surface area contributed by atoms with Crippen molar-refractivity contribution in [3.05, 3.63) is 0 Å². The molecule has 0 bridgehead atoms. The highest BCUT2D eigenvalue weighted by Crippen LogP contribution is 2.21. The summed E-state index contributed by atoms with van der Waals surface area (Å²) in [7, 11) is 0. The molecule has 2 nitrogen and oxygen atoms in total. The monoisotopic (exact) mass is 226 g/mol.